The first kappa shape index (κ1) is 44.3. The summed E-state index contributed by atoms with van der Waals surface area (Å²) in [5.74, 6) is -4.02. The molecule has 0 aliphatic carbocycles. The van der Waals surface area contributed by atoms with Crippen molar-refractivity contribution in [1.82, 2.24) is 29.7 Å². The van der Waals surface area contributed by atoms with Gasteiger partial charge in [0.15, 0.2) is 0 Å². The van der Waals surface area contributed by atoms with Crippen molar-refractivity contribution in [2.75, 3.05) is 21.3 Å². The van der Waals surface area contributed by atoms with Gasteiger partial charge in [-0.1, -0.05) is 41.5 Å². The van der Waals surface area contributed by atoms with E-state index in [1.54, 1.807) is 0 Å². The summed E-state index contributed by atoms with van der Waals surface area (Å²) in [6, 6.07) is -2.93. The zero-order valence-electron chi connectivity index (χ0n) is 31.1. The second-order valence-corrected chi connectivity index (χ2v) is 13.4. The highest BCUT2D eigenvalue weighted by atomic mass is 16.5. The predicted octanol–water partition coefficient (Wildman–Crippen LogP) is -0.546. The van der Waals surface area contributed by atoms with Crippen LogP contribution < -0.4 is 33.0 Å². The highest BCUT2D eigenvalue weighted by molar-refractivity contribution is 5.85. The van der Waals surface area contributed by atoms with Gasteiger partial charge in [0.05, 0.1) is 21.3 Å². The Morgan fingerprint density at radius 1 is 0.471 bits per heavy atom. The van der Waals surface area contributed by atoms with Crippen LogP contribution in [0.4, 0.5) is 0 Å². The largest absolute Gasteiger partial charge is 0.467 e. The lowest BCUT2D eigenvalue weighted by molar-refractivity contribution is -0.145. The minimum Gasteiger partial charge on any atom is -0.467 e. The first-order chi connectivity index (χ1) is 23.9. The second-order valence-electron chi connectivity index (χ2n) is 13.4. The highest BCUT2D eigenvalue weighted by Crippen LogP contribution is 2.09. The average Bonchev–Trinajstić information content (AvgIpc) is 3.05. The van der Waals surface area contributed by atoms with Gasteiger partial charge in [-0.15, -0.1) is 0 Å². The van der Waals surface area contributed by atoms with E-state index in [9.17, 15) is 43.2 Å². The van der Waals surface area contributed by atoms with Crippen molar-refractivity contribution in [2.24, 2.45) is 17.8 Å². The fraction of sp³-hybridized carbons (Fsp3) is 0.727. The van der Waals surface area contributed by atoms with Crippen LogP contribution >= 0.6 is 0 Å². The van der Waals surface area contributed by atoms with Gasteiger partial charge in [-0.25, -0.2) is 42.5 Å². The average molecular weight is 727 g/mol. The number of rotatable bonds is 21. The molecule has 1 aromatic rings. The lowest BCUT2D eigenvalue weighted by Gasteiger charge is -2.19. The Morgan fingerprint density at radius 2 is 0.686 bits per heavy atom. The Balaban J connectivity index is 3.45. The fourth-order valence-electron chi connectivity index (χ4n) is 5.18. The van der Waals surface area contributed by atoms with Crippen molar-refractivity contribution in [3.63, 3.8) is 0 Å². The Morgan fingerprint density at radius 3 is 0.863 bits per heavy atom. The molecule has 0 aliphatic rings. The van der Waals surface area contributed by atoms with E-state index in [-0.39, 0.29) is 37.0 Å². The van der Waals surface area contributed by atoms with Crippen LogP contribution in [0.5, 0.6) is 0 Å². The topological polar surface area (TPSA) is 232 Å². The standard InChI is InChI=1S/C33H54N6O12/c1-19(2)16-22(28(43)49-7)34-25(40)10-13-37-31(46)38(14-11-26(41)35-23(17-20(3)4)29(44)50-8)33(48)39(32(37)47)15-12-27(42)36-24(18-21(5)6)30(45)51-9/h19-24H,10-18H2,1-9H3,(H,34,40)(H,35,41)(H,36,42). The predicted molar refractivity (Wildman–Crippen MR) is 183 cm³/mol. The summed E-state index contributed by atoms with van der Waals surface area (Å²) in [6.45, 7) is 9.49. The van der Waals surface area contributed by atoms with Crippen molar-refractivity contribution in [3.05, 3.63) is 31.5 Å². The minimum absolute atomic E-state index is 0.0173. The molecular weight excluding hydrogens is 672 g/mol. The zero-order valence-corrected chi connectivity index (χ0v) is 31.1. The summed E-state index contributed by atoms with van der Waals surface area (Å²) in [4.78, 5) is 116. The Labute approximate surface area is 296 Å². The van der Waals surface area contributed by atoms with Crippen LogP contribution in [0.15, 0.2) is 14.4 Å². The molecule has 0 aliphatic heterocycles. The molecule has 18 heteroatoms. The van der Waals surface area contributed by atoms with Crippen LogP contribution in [-0.4, -0.2) is 88.8 Å². The fourth-order valence-corrected chi connectivity index (χ4v) is 5.18. The van der Waals surface area contributed by atoms with E-state index < -0.39 is 110 Å². The highest BCUT2D eigenvalue weighted by Gasteiger charge is 2.26. The number of aromatic nitrogens is 3. The van der Waals surface area contributed by atoms with E-state index in [0.29, 0.717) is 13.7 Å². The van der Waals surface area contributed by atoms with E-state index in [4.69, 9.17) is 14.2 Å². The number of carbonyl (C=O) groups excluding carboxylic acids is 6. The van der Waals surface area contributed by atoms with Crippen molar-refractivity contribution in [2.45, 2.75) is 118 Å². The molecule has 3 atom stereocenters. The number of hydrogen-bond acceptors (Lipinski definition) is 12. The number of hydrogen-bond donors (Lipinski definition) is 3. The minimum atomic E-state index is -1.12. The molecule has 1 aromatic heterocycles. The van der Waals surface area contributed by atoms with Gasteiger partial charge in [-0.05, 0) is 37.0 Å². The van der Waals surface area contributed by atoms with E-state index in [0.717, 1.165) is 0 Å². The molecule has 0 saturated heterocycles. The number of carbonyl (C=O) groups is 6. The van der Waals surface area contributed by atoms with Crippen LogP contribution in [0.1, 0.15) is 80.1 Å². The lowest BCUT2D eigenvalue weighted by atomic mass is 10.0. The number of methoxy groups -OCH3 is 3. The number of nitrogens with zero attached hydrogens (tertiary/aromatic N) is 3. The third-order valence-corrected chi connectivity index (χ3v) is 7.66. The van der Waals surface area contributed by atoms with E-state index in [2.05, 4.69) is 16.0 Å². The molecule has 18 nitrogen and oxygen atoms in total. The zero-order chi connectivity index (χ0) is 39.0. The van der Waals surface area contributed by atoms with Gasteiger partial charge in [-0.2, -0.15) is 0 Å². The molecule has 0 fully saturated rings. The first-order valence-corrected chi connectivity index (χ1v) is 16.9. The van der Waals surface area contributed by atoms with Crippen LogP contribution in [0.3, 0.4) is 0 Å². The van der Waals surface area contributed by atoms with Crippen LogP contribution in [0, 0.1) is 17.8 Å². The molecular formula is C33H54N6O12. The van der Waals surface area contributed by atoms with Gasteiger partial charge in [0, 0.05) is 38.9 Å². The summed E-state index contributed by atoms with van der Waals surface area (Å²) >= 11 is 0. The second kappa shape index (κ2) is 21.4. The molecule has 0 saturated carbocycles. The van der Waals surface area contributed by atoms with Gasteiger partial charge in [0.25, 0.3) is 0 Å². The van der Waals surface area contributed by atoms with Gasteiger partial charge >= 0.3 is 35.0 Å². The van der Waals surface area contributed by atoms with Crippen LogP contribution in [0.25, 0.3) is 0 Å². The quantitative estimate of drug-likeness (QED) is 0.107. The normalized spacial score (nSPS) is 12.9. The molecule has 0 radical (unpaired) electrons. The van der Waals surface area contributed by atoms with Gasteiger partial charge in [0.1, 0.15) is 18.1 Å². The van der Waals surface area contributed by atoms with E-state index >= 15 is 0 Å². The van der Waals surface area contributed by atoms with Gasteiger partial charge < -0.3 is 30.2 Å². The van der Waals surface area contributed by atoms with Crippen molar-refractivity contribution in [1.29, 1.82) is 0 Å². The third-order valence-electron chi connectivity index (χ3n) is 7.66. The number of esters is 3. The summed E-state index contributed by atoms with van der Waals surface area (Å²) in [5.41, 5.74) is -3.35. The summed E-state index contributed by atoms with van der Waals surface area (Å²) in [5, 5.41) is 7.60. The monoisotopic (exact) mass is 726 g/mol. The van der Waals surface area contributed by atoms with Gasteiger partial charge in [0.2, 0.25) is 17.7 Å². The lowest BCUT2D eigenvalue weighted by Crippen LogP contribution is -2.55. The molecule has 288 valence electrons. The maximum Gasteiger partial charge on any atom is 0.336 e. The maximum atomic E-state index is 13.5. The summed E-state index contributed by atoms with van der Waals surface area (Å²) in [6.07, 6.45) is -0.559. The first-order valence-electron chi connectivity index (χ1n) is 16.9. The number of ether oxygens (including phenoxy) is 3. The summed E-state index contributed by atoms with van der Waals surface area (Å²) in [7, 11) is 3.52. The van der Waals surface area contributed by atoms with E-state index in [1.807, 2.05) is 41.5 Å². The Bertz CT molecular complexity index is 1350. The van der Waals surface area contributed by atoms with Crippen molar-refractivity contribution < 1.29 is 43.0 Å². The van der Waals surface area contributed by atoms with Crippen molar-refractivity contribution in [3.8, 4) is 0 Å². The van der Waals surface area contributed by atoms with E-state index in [1.165, 1.54) is 21.3 Å². The molecule has 51 heavy (non-hydrogen) atoms. The SMILES string of the molecule is COC(=O)C(CC(C)C)NC(=O)CCn1c(=O)n(CCC(=O)NC(CC(C)C)C(=O)OC)c(=O)n(CCC(=O)NC(CC(C)C)C(=O)OC)c1=O. The van der Waals surface area contributed by atoms with Gasteiger partial charge in [-0.3, -0.25) is 14.4 Å². The maximum absolute atomic E-state index is 13.5. The number of amides is 3. The van der Waals surface area contributed by atoms with Crippen LogP contribution in [-0.2, 0) is 62.6 Å². The Kier molecular flexibility index (Phi) is 18.6. The van der Waals surface area contributed by atoms with Crippen molar-refractivity contribution >= 4 is 35.6 Å². The summed E-state index contributed by atoms with van der Waals surface area (Å²) < 4.78 is 16.1. The molecule has 3 unspecified atom stereocenters. The van der Waals surface area contributed by atoms with Crippen LogP contribution in [0.2, 0.25) is 0 Å². The third kappa shape index (κ3) is 14.5. The molecule has 0 spiro atoms. The molecule has 3 amide bonds. The number of nitrogens with one attached hydrogen (secondary N) is 3. The smallest absolute Gasteiger partial charge is 0.336 e. The Hall–Kier alpha value is -4.77. The molecule has 1 heterocycles. The molecule has 3 N–H and O–H groups in total. The molecule has 1 rings (SSSR count). The molecule has 0 aromatic carbocycles. The molecule has 0 bridgehead atoms.